The summed E-state index contributed by atoms with van der Waals surface area (Å²) in [5.41, 5.74) is 0. The molecule has 0 aliphatic rings. The first kappa shape index (κ1) is 15.9. The van der Waals surface area contributed by atoms with Crippen LogP contribution in [0.15, 0.2) is 0 Å². The zero-order valence-electron chi connectivity index (χ0n) is 5.09. The third-order valence-electron chi connectivity index (χ3n) is 0. The second-order valence-corrected chi connectivity index (χ2v) is 0.835. The number of hydrogen-bond acceptors (Lipinski definition) is 2. The monoisotopic (exact) mass is 247 g/mol. The molecule has 0 atom stereocenters. The third-order valence-corrected chi connectivity index (χ3v) is 0. The van der Waals surface area contributed by atoms with Crippen LogP contribution in [0.5, 0.6) is 0 Å². The standard InChI is InChI=1S/C2H4O2.C2H6O.Pr/c1-2(3)4;1-2-3;/h1H3,(H,3,4);3H,2H2,1H3;. The first-order chi connectivity index (χ1) is 3.15. The van der Waals surface area contributed by atoms with Crippen molar-refractivity contribution in [3.05, 3.63) is 0 Å². The van der Waals surface area contributed by atoms with E-state index < -0.39 is 5.97 Å². The van der Waals surface area contributed by atoms with Crippen molar-refractivity contribution in [2.24, 2.45) is 0 Å². The molecular formula is C4H10O3Pr. The normalized spacial score (nSPS) is 5.38. The first-order valence-electron chi connectivity index (χ1n) is 1.95. The van der Waals surface area contributed by atoms with E-state index >= 15 is 0 Å². The van der Waals surface area contributed by atoms with Gasteiger partial charge in [0.05, 0.1) is 0 Å². The van der Waals surface area contributed by atoms with Crippen LogP contribution in [-0.2, 0) is 4.79 Å². The van der Waals surface area contributed by atoms with Gasteiger partial charge in [-0.3, -0.25) is 4.79 Å². The maximum absolute atomic E-state index is 9.00. The summed E-state index contributed by atoms with van der Waals surface area (Å²) in [5.74, 6) is -0.833. The van der Waals surface area contributed by atoms with E-state index in [1.165, 1.54) is 0 Å². The molecule has 0 amide bonds. The summed E-state index contributed by atoms with van der Waals surface area (Å²) in [7, 11) is 0. The predicted molar refractivity (Wildman–Crippen MR) is 26.1 cm³/mol. The van der Waals surface area contributed by atoms with Crippen molar-refractivity contribution in [2.45, 2.75) is 13.8 Å². The van der Waals surface area contributed by atoms with E-state index in [-0.39, 0.29) is 47.9 Å². The van der Waals surface area contributed by atoms with Crippen molar-refractivity contribution in [2.75, 3.05) is 6.61 Å². The molecule has 0 saturated heterocycles. The summed E-state index contributed by atoms with van der Waals surface area (Å²) in [5, 5.41) is 15.0. The molecule has 0 aliphatic carbocycles. The first-order valence-corrected chi connectivity index (χ1v) is 1.95. The van der Waals surface area contributed by atoms with E-state index in [0.717, 1.165) is 6.92 Å². The minimum atomic E-state index is -0.833. The van der Waals surface area contributed by atoms with Crippen LogP contribution in [0, 0.1) is 41.3 Å². The predicted octanol–water partition coefficient (Wildman–Crippen LogP) is 0.0895. The van der Waals surface area contributed by atoms with Crippen molar-refractivity contribution in [3.63, 3.8) is 0 Å². The maximum Gasteiger partial charge on any atom is 0.300 e. The Bertz CT molecular complexity index is 42.5. The second kappa shape index (κ2) is 15.7. The largest absolute Gasteiger partial charge is 0.481 e. The van der Waals surface area contributed by atoms with Gasteiger partial charge in [0, 0.05) is 54.8 Å². The van der Waals surface area contributed by atoms with Crippen molar-refractivity contribution in [3.8, 4) is 0 Å². The maximum atomic E-state index is 9.00. The van der Waals surface area contributed by atoms with E-state index in [2.05, 4.69) is 0 Å². The fourth-order valence-corrected chi connectivity index (χ4v) is 0. The van der Waals surface area contributed by atoms with Crippen LogP contribution in [0.3, 0.4) is 0 Å². The van der Waals surface area contributed by atoms with Gasteiger partial charge in [0.15, 0.2) is 0 Å². The Labute approximate surface area is 82.0 Å². The van der Waals surface area contributed by atoms with Gasteiger partial charge in [-0.2, -0.15) is 0 Å². The molecule has 0 unspecified atom stereocenters. The van der Waals surface area contributed by atoms with Gasteiger partial charge < -0.3 is 10.2 Å². The van der Waals surface area contributed by atoms with Gasteiger partial charge in [-0.15, -0.1) is 0 Å². The van der Waals surface area contributed by atoms with Gasteiger partial charge >= 0.3 is 0 Å². The van der Waals surface area contributed by atoms with Crippen LogP contribution in [0.1, 0.15) is 13.8 Å². The molecule has 3 nitrogen and oxygen atoms in total. The molecular weight excluding hydrogens is 237 g/mol. The molecule has 2 N–H and O–H groups in total. The number of hydrogen-bond donors (Lipinski definition) is 2. The molecule has 4 heteroatoms. The van der Waals surface area contributed by atoms with Crippen LogP contribution in [0.25, 0.3) is 0 Å². The Hall–Kier alpha value is 0.794. The number of carbonyl (C=O) groups is 1. The van der Waals surface area contributed by atoms with Gasteiger partial charge in [0.2, 0.25) is 0 Å². The van der Waals surface area contributed by atoms with Crippen molar-refractivity contribution in [1.82, 2.24) is 0 Å². The summed E-state index contributed by atoms with van der Waals surface area (Å²) in [6, 6.07) is 0. The summed E-state index contributed by atoms with van der Waals surface area (Å²) >= 11 is 0. The van der Waals surface area contributed by atoms with E-state index in [0.29, 0.717) is 0 Å². The fraction of sp³-hybridized carbons (Fsp3) is 0.750. The molecule has 47 valence electrons. The van der Waals surface area contributed by atoms with Gasteiger partial charge in [-0.25, -0.2) is 0 Å². The van der Waals surface area contributed by atoms with Crippen molar-refractivity contribution in [1.29, 1.82) is 0 Å². The quantitative estimate of drug-likeness (QED) is 0.637. The Morgan fingerprint density at radius 3 is 1.62 bits per heavy atom. The molecule has 0 bridgehead atoms. The Balaban J connectivity index is -0.0000000575. The molecule has 0 aliphatic heterocycles. The number of carboxylic acids is 1. The molecule has 0 rings (SSSR count). The molecule has 1 radical (unpaired) electrons. The van der Waals surface area contributed by atoms with Crippen molar-refractivity contribution >= 4 is 5.97 Å². The summed E-state index contributed by atoms with van der Waals surface area (Å²) < 4.78 is 0. The van der Waals surface area contributed by atoms with Gasteiger partial charge in [-0.05, 0) is 6.92 Å². The number of aliphatic hydroxyl groups is 1. The number of aliphatic hydroxyl groups excluding tert-OH is 1. The third kappa shape index (κ3) is 362. The molecule has 0 aromatic carbocycles. The van der Waals surface area contributed by atoms with Gasteiger partial charge in [-0.1, -0.05) is 0 Å². The molecule has 0 aromatic rings. The topological polar surface area (TPSA) is 57.5 Å². The fourth-order valence-electron chi connectivity index (χ4n) is 0. The Morgan fingerprint density at radius 1 is 1.62 bits per heavy atom. The minimum absolute atomic E-state index is 0. The zero-order chi connectivity index (χ0) is 6.28. The SMILES string of the molecule is CC(=O)O.CCO.[Pr]. The zero-order valence-corrected chi connectivity index (χ0v) is 8.79. The average Bonchev–Trinajstić information content (AvgIpc) is 1.33. The Kier molecular flexibility index (Phi) is 31.1. The molecule has 0 spiro atoms. The van der Waals surface area contributed by atoms with Crippen LogP contribution >= 0.6 is 0 Å². The van der Waals surface area contributed by atoms with Crippen LogP contribution in [0.4, 0.5) is 0 Å². The van der Waals surface area contributed by atoms with E-state index in [4.69, 9.17) is 15.0 Å². The van der Waals surface area contributed by atoms with Gasteiger partial charge in [0.1, 0.15) is 0 Å². The molecule has 0 fully saturated rings. The van der Waals surface area contributed by atoms with Crippen LogP contribution in [0.2, 0.25) is 0 Å². The molecule has 0 saturated carbocycles. The summed E-state index contributed by atoms with van der Waals surface area (Å²) in [6.07, 6.45) is 0. The molecule has 0 heterocycles. The summed E-state index contributed by atoms with van der Waals surface area (Å²) in [4.78, 5) is 9.00. The number of aliphatic carboxylic acids is 1. The van der Waals surface area contributed by atoms with Gasteiger partial charge in [0.25, 0.3) is 5.97 Å². The van der Waals surface area contributed by atoms with E-state index in [1.54, 1.807) is 6.92 Å². The van der Waals surface area contributed by atoms with Crippen LogP contribution in [-0.4, -0.2) is 22.8 Å². The number of carboxylic acid groups (broad SMARTS) is 1. The average molecular weight is 247 g/mol. The van der Waals surface area contributed by atoms with Crippen LogP contribution < -0.4 is 0 Å². The smallest absolute Gasteiger partial charge is 0.300 e. The molecule has 8 heavy (non-hydrogen) atoms. The Morgan fingerprint density at radius 2 is 1.62 bits per heavy atom. The minimum Gasteiger partial charge on any atom is -0.481 e. The van der Waals surface area contributed by atoms with Crippen molar-refractivity contribution < 1.29 is 56.3 Å². The second-order valence-electron chi connectivity index (χ2n) is 0.835. The summed E-state index contributed by atoms with van der Waals surface area (Å²) in [6.45, 7) is 3.01. The molecule has 0 aromatic heterocycles. The van der Waals surface area contributed by atoms with E-state index in [1.807, 2.05) is 0 Å². The number of rotatable bonds is 0. The van der Waals surface area contributed by atoms with E-state index in [9.17, 15) is 0 Å².